The molecule has 1 saturated heterocycles. The van der Waals surface area contributed by atoms with Crippen molar-refractivity contribution >= 4 is 45.7 Å². The van der Waals surface area contributed by atoms with Gasteiger partial charge in [-0.05, 0) is 42.3 Å². The lowest BCUT2D eigenvalue weighted by Crippen LogP contribution is -2.29. The number of Topliss-reactive ketones (excluding diaryl/α,β-unsaturated/α-hetero) is 1. The number of pyridine rings is 1. The topological polar surface area (TPSA) is 96.3 Å². The standard InChI is InChI=1S/C26H19FN4O3S2/c1-15-2-6-17(7-3-15)21-20(22(32)18-10-12-28-13-11-18)23(33)24(34)31(21)25-29-30-26(36-25)35-14-16-4-8-19(27)9-5-16/h2-13,21,32H,14H2,1H3. The number of amides is 1. The molecule has 0 bridgehead atoms. The number of hydrogen-bond acceptors (Lipinski definition) is 8. The van der Waals surface area contributed by atoms with Crippen molar-refractivity contribution in [3.63, 3.8) is 0 Å². The van der Waals surface area contributed by atoms with E-state index in [4.69, 9.17) is 0 Å². The molecule has 5 rings (SSSR count). The van der Waals surface area contributed by atoms with Crippen molar-refractivity contribution in [3.8, 4) is 0 Å². The molecule has 0 radical (unpaired) electrons. The quantitative estimate of drug-likeness (QED) is 0.122. The third-order valence-electron chi connectivity index (χ3n) is 5.67. The highest BCUT2D eigenvalue weighted by molar-refractivity contribution is 8.00. The number of anilines is 1. The zero-order chi connectivity index (χ0) is 25.2. The highest BCUT2D eigenvalue weighted by atomic mass is 32.2. The molecule has 1 amide bonds. The second kappa shape index (κ2) is 10.00. The van der Waals surface area contributed by atoms with Crippen LogP contribution in [0.2, 0.25) is 0 Å². The molecule has 1 fully saturated rings. The Kier molecular flexibility index (Phi) is 6.62. The molecule has 2 aromatic carbocycles. The second-order valence-electron chi connectivity index (χ2n) is 8.08. The number of aliphatic hydroxyl groups excluding tert-OH is 1. The van der Waals surface area contributed by atoms with E-state index in [0.717, 1.165) is 11.1 Å². The first-order valence-electron chi connectivity index (χ1n) is 10.9. The van der Waals surface area contributed by atoms with E-state index in [9.17, 15) is 19.1 Å². The first-order valence-corrected chi connectivity index (χ1v) is 12.7. The Labute approximate surface area is 214 Å². The molecule has 0 spiro atoms. The minimum atomic E-state index is -0.873. The summed E-state index contributed by atoms with van der Waals surface area (Å²) in [5, 5.41) is 19.7. The molecular formula is C26H19FN4O3S2. The van der Waals surface area contributed by atoms with Crippen molar-refractivity contribution in [3.05, 3.63) is 107 Å². The van der Waals surface area contributed by atoms with Gasteiger partial charge in [0.05, 0.1) is 11.6 Å². The Bertz CT molecular complexity index is 1450. The Morgan fingerprint density at radius 3 is 2.42 bits per heavy atom. The Morgan fingerprint density at radius 2 is 1.72 bits per heavy atom. The predicted molar refractivity (Wildman–Crippen MR) is 136 cm³/mol. The summed E-state index contributed by atoms with van der Waals surface area (Å²) in [7, 11) is 0. The third kappa shape index (κ3) is 4.65. The van der Waals surface area contributed by atoms with E-state index < -0.39 is 17.7 Å². The van der Waals surface area contributed by atoms with Gasteiger partial charge in [-0.25, -0.2) is 4.39 Å². The maximum Gasteiger partial charge on any atom is 0.301 e. The van der Waals surface area contributed by atoms with Gasteiger partial charge < -0.3 is 5.11 Å². The summed E-state index contributed by atoms with van der Waals surface area (Å²) in [4.78, 5) is 31.7. The minimum absolute atomic E-state index is 0.0224. The molecule has 1 aliphatic rings. The summed E-state index contributed by atoms with van der Waals surface area (Å²) in [5.74, 6) is -1.63. The number of halogens is 1. The number of carbonyl (C=O) groups is 2. The highest BCUT2D eigenvalue weighted by Crippen LogP contribution is 2.44. The molecule has 3 heterocycles. The van der Waals surface area contributed by atoms with Gasteiger partial charge in [0.1, 0.15) is 11.6 Å². The van der Waals surface area contributed by atoms with E-state index in [-0.39, 0.29) is 22.3 Å². The van der Waals surface area contributed by atoms with Crippen molar-refractivity contribution in [2.45, 2.75) is 23.1 Å². The number of hydrogen-bond donors (Lipinski definition) is 1. The lowest BCUT2D eigenvalue weighted by atomic mass is 9.95. The summed E-state index contributed by atoms with van der Waals surface area (Å²) < 4.78 is 13.8. The number of aryl methyl sites for hydroxylation is 1. The van der Waals surface area contributed by atoms with Crippen molar-refractivity contribution in [2.75, 3.05) is 4.90 Å². The van der Waals surface area contributed by atoms with E-state index in [1.807, 2.05) is 31.2 Å². The summed E-state index contributed by atoms with van der Waals surface area (Å²) in [6, 6.07) is 15.9. The van der Waals surface area contributed by atoms with E-state index in [1.54, 1.807) is 24.3 Å². The number of carbonyl (C=O) groups excluding carboxylic acids is 2. The fraction of sp³-hybridized carbons (Fsp3) is 0.115. The number of aliphatic hydroxyl groups is 1. The van der Waals surface area contributed by atoms with E-state index in [2.05, 4.69) is 15.2 Å². The van der Waals surface area contributed by atoms with Crippen LogP contribution in [-0.4, -0.2) is 32.0 Å². The van der Waals surface area contributed by atoms with Gasteiger partial charge in [0.25, 0.3) is 5.78 Å². The summed E-state index contributed by atoms with van der Waals surface area (Å²) in [6.07, 6.45) is 3.00. The molecule has 36 heavy (non-hydrogen) atoms. The Hall–Kier alpha value is -3.89. The normalized spacial score (nSPS) is 17.1. The molecule has 0 saturated carbocycles. The molecule has 180 valence electrons. The number of benzene rings is 2. The van der Waals surface area contributed by atoms with Crippen LogP contribution in [0.25, 0.3) is 5.76 Å². The van der Waals surface area contributed by atoms with Gasteiger partial charge in [-0.15, -0.1) is 10.2 Å². The second-order valence-corrected chi connectivity index (χ2v) is 10.3. The van der Waals surface area contributed by atoms with Crippen LogP contribution in [-0.2, 0) is 15.3 Å². The van der Waals surface area contributed by atoms with Gasteiger partial charge in [-0.2, -0.15) is 0 Å². The molecular weight excluding hydrogens is 499 g/mol. The van der Waals surface area contributed by atoms with Gasteiger partial charge in [0.15, 0.2) is 4.34 Å². The van der Waals surface area contributed by atoms with Crippen LogP contribution in [0.5, 0.6) is 0 Å². The van der Waals surface area contributed by atoms with Crippen LogP contribution in [0.4, 0.5) is 9.52 Å². The van der Waals surface area contributed by atoms with Crippen LogP contribution in [0.15, 0.2) is 83.0 Å². The molecule has 10 heteroatoms. The fourth-order valence-electron chi connectivity index (χ4n) is 3.84. The molecule has 1 atom stereocenters. The van der Waals surface area contributed by atoms with E-state index in [1.165, 1.54) is 52.5 Å². The summed E-state index contributed by atoms with van der Waals surface area (Å²) >= 11 is 2.57. The number of thioether (sulfide) groups is 1. The first kappa shape index (κ1) is 23.8. The van der Waals surface area contributed by atoms with Crippen LogP contribution in [0.1, 0.15) is 28.3 Å². The largest absolute Gasteiger partial charge is 0.507 e. The van der Waals surface area contributed by atoms with Gasteiger partial charge in [0, 0.05) is 23.7 Å². The van der Waals surface area contributed by atoms with Crippen LogP contribution in [0, 0.1) is 12.7 Å². The molecule has 1 unspecified atom stereocenters. The first-order chi connectivity index (χ1) is 17.4. The maximum atomic E-state index is 13.2. The van der Waals surface area contributed by atoms with Crippen molar-refractivity contribution in [1.82, 2.24) is 15.2 Å². The molecule has 4 aromatic rings. The van der Waals surface area contributed by atoms with Crippen LogP contribution >= 0.6 is 23.1 Å². The van der Waals surface area contributed by atoms with Crippen molar-refractivity contribution in [2.24, 2.45) is 0 Å². The number of ketones is 1. The minimum Gasteiger partial charge on any atom is -0.507 e. The smallest absolute Gasteiger partial charge is 0.301 e. The summed E-state index contributed by atoms with van der Waals surface area (Å²) in [5.41, 5.74) is 2.95. The molecule has 7 nitrogen and oxygen atoms in total. The van der Waals surface area contributed by atoms with Gasteiger partial charge in [0.2, 0.25) is 5.13 Å². The fourth-order valence-corrected chi connectivity index (χ4v) is 5.67. The number of aromatic nitrogens is 3. The average molecular weight is 519 g/mol. The zero-order valence-electron chi connectivity index (χ0n) is 19.0. The van der Waals surface area contributed by atoms with Crippen molar-refractivity contribution in [1.29, 1.82) is 0 Å². The Balaban J connectivity index is 1.52. The predicted octanol–water partition coefficient (Wildman–Crippen LogP) is 5.30. The lowest BCUT2D eigenvalue weighted by Gasteiger charge is -2.22. The lowest BCUT2D eigenvalue weighted by molar-refractivity contribution is -0.132. The van der Waals surface area contributed by atoms with E-state index >= 15 is 0 Å². The average Bonchev–Trinajstić information content (AvgIpc) is 3.46. The maximum absolute atomic E-state index is 13.2. The molecule has 0 aliphatic carbocycles. The van der Waals surface area contributed by atoms with Gasteiger partial charge in [-0.3, -0.25) is 19.5 Å². The van der Waals surface area contributed by atoms with Gasteiger partial charge in [-0.1, -0.05) is 65.1 Å². The number of rotatable bonds is 6. The molecule has 1 aliphatic heterocycles. The monoisotopic (exact) mass is 518 g/mol. The zero-order valence-corrected chi connectivity index (χ0v) is 20.6. The van der Waals surface area contributed by atoms with Gasteiger partial charge >= 0.3 is 5.91 Å². The van der Waals surface area contributed by atoms with E-state index in [0.29, 0.717) is 21.2 Å². The summed E-state index contributed by atoms with van der Waals surface area (Å²) in [6.45, 7) is 1.94. The number of nitrogens with zero attached hydrogens (tertiary/aromatic N) is 4. The SMILES string of the molecule is Cc1ccc(C2C(=C(O)c3ccncc3)C(=O)C(=O)N2c2nnc(SCc3ccc(F)cc3)s2)cc1. The third-order valence-corrected chi connectivity index (χ3v) is 7.80. The molecule has 1 N–H and O–H groups in total. The highest BCUT2D eigenvalue weighted by Gasteiger charge is 2.48. The van der Waals surface area contributed by atoms with Crippen LogP contribution < -0.4 is 4.90 Å². The van der Waals surface area contributed by atoms with Crippen molar-refractivity contribution < 1.29 is 19.1 Å². The van der Waals surface area contributed by atoms with Crippen LogP contribution in [0.3, 0.4) is 0 Å². The molecule has 2 aromatic heterocycles. The Morgan fingerprint density at radius 1 is 1.03 bits per heavy atom.